The Balaban J connectivity index is 1.21. The maximum atomic E-state index is 12.7. The summed E-state index contributed by atoms with van der Waals surface area (Å²) in [4.78, 5) is 35.1. The van der Waals surface area contributed by atoms with Gasteiger partial charge in [0.1, 0.15) is 5.69 Å². The molecule has 0 spiro atoms. The topological polar surface area (TPSA) is 65.5 Å². The number of hydrogen-bond donors (Lipinski definition) is 1. The number of nitrogens with zero attached hydrogens (tertiary/aromatic N) is 3. The first-order chi connectivity index (χ1) is 15.6. The highest BCUT2D eigenvalue weighted by molar-refractivity contribution is 7.16. The predicted molar refractivity (Wildman–Crippen MR) is 128 cm³/mol. The van der Waals surface area contributed by atoms with Crippen LogP contribution >= 0.6 is 11.3 Å². The zero-order chi connectivity index (χ0) is 22.1. The van der Waals surface area contributed by atoms with Gasteiger partial charge in [-0.2, -0.15) is 0 Å². The van der Waals surface area contributed by atoms with Crippen molar-refractivity contribution < 1.29 is 9.59 Å². The lowest BCUT2D eigenvalue weighted by atomic mass is 10.0. The smallest absolute Gasteiger partial charge is 0.225 e. The molecular formula is C25H32N4O2S. The molecule has 1 amide bonds. The Kier molecular flexibility index (Phi) is 6.28. The molecule has 1 saturated carbocycles. The molecule has 7 heteroatoms. The van der Waals surface area contributed by atoms with Crippen molar-refractivity contribution in [2.75, 3.05) is 31.5 Å². The van der Waals surface area contributed by atoms with Gasteiger partial charge in [-0.05, 0) is 49.8 Å². The fourth-order valence-electron chi connectivity index (χ4n) is 5.22. The Bertz CT molecular complexity index is 1000. The number of ketones is 1. The van der Waals surface area contributed by atoms with Gasteiger partial charge < -0.3 is 10.2 Å². The number of aryl methyl sites for hydroxylation is 1. The average Bonchev–Trinajstić information content (AvgIpc) is 3.47. The molecule has 5 rings (SSSR count). The Morgan fingerprint density at radius 1 is 1.12 bits per heavy atom. The number of carbonyl (C=O) groups is 2. The van der Waals surface area contributed by atoms with Gasteiger partial charge >= 0.3 is 0 Å². The molecule has 0 unspecified atom stereocenters. The minimum Gasteiger partial charge on any atom is -0.340 e. The number of fused-ring (bicyclic) bond motifs is 1. The van der Waals surface area contributed by atoms with Crippen molar-refractivity contribution in [1.29, 1.82) is 0 Å². The SMILES string of the molecule is Cc1c(CN2CCN(C(=O)C3CCCC3)CC2)cccc1Nc1nc2c(s1)CCCC2=O. The number of carbonyl (C=O) groups excluding carboxylic acids is 2. The van der Waals surface area contributed by atoms with Gasteiger partial charge in [0.15, 0.2) is 10.9 Å². The molecule has 170 valence electrons. The van der Waals surface area contributed by atoms with Crippen LogP contribution in [0.4, 0.5) is 10.8 Å². The molecule has 0 radical (unpaired) electrons. The van der Waals surface area contributed by atoms with Crippen LogP contribution in [0.25, 0.3) is 0 Å². The summed E-state index contributed by atoms with van der Waals surface area (Å²) < 4.78 is 0. The van der Waals surface area contributed by atoms with Gasteiger partial charge in [0, 0.05) is 55.6 Å². The van der Waals surface area contributed by atoms with E-state index in [4.69, 9.17) is 0 Å². The second-order valence-electron chi connectivity index (χ2n) is 9.37. The summed E-state index contributed by atoms with van der Waals surface area (Å²) in [7, 11) is 0. The number of piperazine rings is 1. The van der Waals surface area contributed by atoms with E-state index < -0.39 is 0 Å². The van der Waals surface area contributed by atoms with E-state index in [9.17, 15) is 9.59 Å². The second kappa shape index (κ2) is 9.32. The van der Waals surface area contributed by atoms with E-state index in [1.807, 2.05) is 0 Å². The molecule has 2 heterocycles. The van der Waals surface area contributed by atoms with E-state index in [1.165, 1.54) is 24.0 Å². The third-order valence-electron chi connectivity index (χ3n) is 7.24. The van der Waals surface area contributed by atoms with Crippen molar-refractivity contribution in [1.82, 2.24) is 14.8 Å². The fraction of sp³-hybridized carbons (Fsp3) is 0.560. The van der Waals surface area contributed by atoms with Crippen LogP contribution in [-0.4, -0.2) is 52.7 Å². The molecule has 2 fully saturated rings. The summed E-state index contributed by atoms with van der Waals surface area (Å²) >= 11 is 1.61. The molecule has 1 saturated heterocycles. The largest absolute Gasteiger partial charge is 0.340 e. The molecule has 6 nitrogen and oxygen atoms in total. The quantitative estimate of drug-likeness (QED) is 0.721. The first-order valence-corrected chi connectivity index (χ1v) is 12.8. The molecule has 1 aliphatic heterocycles. The lowest BCUT2D eigenvalue weighted by molar-refractivity contribution is -0.137. The fourth-order valence-corrected chi connectivity index (χ4v) is 6.26. The first kappa shape index (κ1) is 21.6. The number of anilines is 2. The summed E-state index contributed by atoms with van der Waals surface area (Å²) in [5.41, 5.74) is 4.23. The van der Waals surface area contributed by atoms with Gasteiger partial charge in [-0.25, -0.2) is 4.98 Å². The van der Waals surface area contributed by atoms with Gasteiger partial charge in [-0.15, -0.1) is 11.3 Å². The highest BCUT2D eigenvalue weighted by atomic mass is 32.1. The van der Waals surface area contributed by atoms with Crippen molar-refractivity contribution >= 4 is 33.8 Å². The molecule has 0 bridgehead atoms. The maximum absolute atomic E-state index is 12.7. The zero-order valence-corrected chi connectivity index (χ0v) is 19.7. The van der Waals surface area contributed by atoms with Crippen molar-refractivity contribution in [2.45, 2.75) is 58.4 Å². The predicted octanol–water partition coefficient (Wildman–Crippen LogP) is 4.55. The lowest BCUT2D eigenvalue weighted by Crippen LogP contribution is -2.49. The van der Waals surface area contributed by atoms with Gasteiger partial charge in [0.2, 0.25) is 5.91 Å². The van der Waals surface area contributed by atoms with Crippen LogP contribution in [0, 0.1) is 12.8 Å². The summed E-state index contributed by atoms with van der Waals surface area (Å²) in [5.74, 6) is 0.833. The minimum atomic E-state index is 0.173. The normalized spacial score (nSPS) is 19.9. The van der Waals surface area contributed by atoms with E-state index in [0.717, 1.165) is 74.1 Å². The van der Waals surface area contributed by atoms with Crippen LogP contribution in [0.1, 0.15) is 65.0 Å². The highest BCUT2D eigenvalue weighted by Gasteiger charge is 2.29. The highest BCUT2D eigenvalue weighted by Crippen LogP contribution is 2.33. The van der Waals surface area contributed by atoms with Crippen LogP contribution in [-0.2, 0) is 17.8 Å². The van der Waals surface area contributed by atoms with E-state index in [0.29, 0.717) is 18.0 Å². The minimum absolute atomic E-state index is 0.173. The van der Waals surface area contributed by atoms with E-state index >= 15 is 0 Å². The molecule has 32 heavy (non-hydrogen) atoms. The Hall–Kier alpha value is -2.25. The third-order valence-corrected chi connectivity index (χ3v) is 8.27. The van der Waals surface area contributed by atoms with Gasteiger partial charge in [-0.1, -0.05) is 25.0 Å². The zero-order valence-electron chi connectivity index (χ0n) is 18.9. The van der Waals surface area contributed by atoms with E-state index in [-0.39, 0.29) is 11.7 Å². The molecule has 0 atom stereocenters. The summed E-state index contributed by atoms with van der Waals surface area (Å²) in [6.45, 7) is 6.57. The molecular weight excluding hydrogens is 420 g/mol. The van der Waals surface area contributed by atoms with E-state index in [2.05, 4.69) is 45.2 Å². The number of aromatic nitrogens is 1. The summed E-state index contributed by atoms with van der Waals surface area (Å²) in [6.07, 6.45) is 7.07. The summed E-state index contributed by atoms with van der Waals surface area (Å²) in [6, 6.07) is 6.36. The number of Topliss-reactive ketones (excluding diaryl/α,β-unsaturated/α-hetero) is 1. The second-order valence-corrected chi connectivity index (χ2v) is 10.4. The van der Waals surface area contributed by atoms with Crippen LogP contribution in [0.5, 0.6) is 0 Å². The van der Waals surface area contributed by atoms with Crippen molar-refractivity contribution in [2.24, 2.45) is 5.92 Å². The number of nitrogens with one attached hydrogen (secondary N) is 1. The number of amides is 1. The van der Waals surface area contributed by atoms with Crippen molar-refractivity contribution in [3.05, 3.63) is 39.9 Å². The Morgan fingerprint density at radius 2 is 1.91 bits per heavy atom. The first-order valence-electron chi connectivity index (χ1n) is 12.0. The number of thiazole rings is 1. The number of benzene rings is 1. The monoisotopic (exact) mass is 452 g/mol. The van der Waals surface area contributed by atoms with Crippen LogP contribution < -0.4 is 5.32 Å². The molecule has 1 aromatic carbocycles. The third kappa shape index (κ3) is 4.46. The number of hydrogen-bond acceptors (Lipinski definition) is 6. The molecule has 2 aliphatic carbocycles. The molecule has 1 aromatic heterocycles. The Labute approximate surface area is 194 Å². The van der Waals surface area contributed by atoms with Crippen LogP contribution in [0.3, 0.4) is 0 Å². The van der Waals surface area contributed by atoms with Crippen molar-refractivity contribution in [3.8, 4) is 0 Å². The van der Waals surface area contributed by atoms with Gasteiger partial charge in [-0.3, -0.25) is 14.5 Å². The average molecular weight is 453 g/mol. The standard InChI is InChI=1S/C25H32N4O2S/c1-17-19(16-28-12-14-29(15-13-28)24(31)18-6-2-3-7-18)8-4-9-20(17)26-25-27-23-21(30)10-5-11-22(23)32-25/h4,8-9,18H,2-3,5-7,10-16H2,1H3,(H,26,27). The van der Waals surface area contributed by atoms with Gasteiger partial charge in [0.25, 0.3) is 0 Å². The lowest BCUT2D eigenvalue weighted by Gasteiger charge is -2.36. The van der Waals surface area contributed by atoms with Crippen LogP contribution in [0.15, 0.2) is 18.2 Å². The number of rotatable bonds is 5. The molecule has 2 aromatic rings. The van der Waals surface area contributed by atoms with Gasteiger partial charge in [0.05, 0.1) is 0 Å². The summed E-state index contributed by atoms with van der Waals surface area (Å²) in [5, 5.41) is 4.27. The van der Waals surface area contributed by atoms with Crippen LogP contribution in [0.2, 0.25) is 0 Å². The molecule has 1 N–H and O–H groups in total. The maximum Gasteiger partial charge on any atom is 0.225 e. The Morgan fingerprint density at radius 3 is 2.66 bits per heavy atom. The van der Waals surface area contributed by atoms with E-state index in [1.54, 1.807) is 11.3 Å². The van der Waals surface area contributed by atoms with Crippen molar-refractivity contribution in [3.63, 3.8) is 0 Å². The molecule has 3 aliphatic rings.